The van der Waals surface area contributed by atoms with E-state index in [0.717, 1.165) is 22.8 Å². The topological polar surface area (TPSA) is 46.8 Å². The Kier molecular flexibility index (Phi) is 2.41. The van der Waals surface area contributed by atoms with Crippen LogP contribution in [0.4, 0.5) is 0 Å². The zero-order valence-corrected chi connectivity index (χ0v) is 9.87. The van der Waals surface area contributed by atoms with Gasteiger partial charge in [0.1, 0.15) is 11.4 Å². The van der Waals surface area contributed by atoms with Crippen LogP contribution in [0.1, 0.15) is 0 Å². The number of pyridine rings is 1. The van der Waals surface area contributed by atoms with Crippen LogP contribution in [0.15, 0.2) is 48.7 Å². The van der Waals surface area contributed by atoms with Crippen LogP contribution in [-0.2, 0) is 0 Å². The van der Waals surface area contributed by atoms with E-state index in [4.69, 9.17) is 4.74 Å². The summed E-state index contributed by atoms with van der Waals surface area (Å²) in [6.07, 6.45) is 1.89. The minimum Gasteiger partial charge on any atom is -0.508 e. The number of aromatic hydroxyl groups is 1. The first-order chi connectivity index (χ1) is 8.78. The van der Waals surface area contributed by atoms with Crippen molar-refractivity contribution < 1.29 is 9.84 Å². The van der Waals surface area contributed by atoms with Gasteiger partial charge in [0, 0.05) is 11.8 Å². The second-order valence-electron chi connectivity index (χ2n) is 3.97. The standard InChI is InChI=1S/C14H12N2O2/c1-18-14-7-3-6-13-15-12(9-16(13)14)10-4-2-5-11(17)8-10/h2-9,17H,1H3. The Hall–Kier alpha value is -2.49. The molecule has 0 amide bonds. The van der Waals surface area contributed by atoms with E-state index in [-0.39, 0.29) is 5.75 Å². The van der Waals surface area contributed by atoms with Gasteiger partial charge in [-0.3, -0.25) is 4.40 Å². The average Bonchev–Trinajstić information content (AvgIpc) is 2.82. The third-order valence-corrected chi connectivity index (χ3v) is 2.81. The SMILES string of the molecule is COc1cccc2nc(-c3cccc(O)c3)cn12. The molecule has 1 N–H and O–H groups in total. The van der Waals surface area contributed by atoms with Crippen molar-refractivity contribution in [3.63, 3.8) is 0 Å². The number of phenols is 1. The van der Waals surface area contributed by atoms with Crippen LogP contribution in [0.5, 0.6) is 11.6 Å². The van der Waals surface area contributed by atoms with Crippen LogP contribution in [0.3, 0.4) is 0 Å². The van der Waals surface area contributed by atoms with Crippen LogP contribution in [0.25, 0.3) is 16.9 Å². The first-order valence-electron chi connectivity index (χ1n) is 5.59. The van der Waals surface area contributed by atoms with E-state index in [1.165, 1.54) is 0 Å². The molecule has 0 fully saturated rings. The van der Waals surface area contributed by atoms with Gasteiger partial charge in [0.2, 0.25) is 0 Å². The van der Waals surface area contributed by atoms with Gasteiger partial charge < -0.3 is 9.84 Å². The number of phenolic OH excluding ortho intramolecular Hbond substituents is 1. The highest BCUT2D eigenvalue weighted by atomic mass is 16.5. The van der Waals surface area contributed by atoms with E-state index < -0.39 is 0 Å². The number of nitrogens with zero attached hydrogens (tertiary/aromatic N) is 2. The first kappa shape index (κ1) is 10.7. The summed E-state index contributed by atoms with van der Waals surface area (Å²) < 4.78 is 7.15. The van der Waals surface area contributed by atoms with Crippen LogP contribution >= 0.6 is 0 Å². The number of methoxy groups -OCH3 is 1. The highest BCUT2D eigenvalue weighted by Gasteiger charge is 2.07. The second-order valence-corrected chi connectivity index (χ2v) is 3.97. The normalized spacial score (nSPS) is 10.7. The summed E-state index contributed by atoms with van der Waals surface area (Å²) in [7, 11) is 1.63. The molecule has 0 atom stereocenters. The van der Waals surface area contributed by atoms with Gasteiger partial charge in [-0.15, -0.1) is 0 Å². The summed E-state index contributed by atoms with van der Waals surface area (Å²) in [6, 6.07) is 12.7. The summed E-state index contributed by atoms with van der Waals surface area (Å²) in [6.45, 7) is 0. The number of fused-ring (bicyclic) bond motifs is 1. The lowest BCUT2D eigenvalue weighted by Gasteiger charge is -2.01. The van der Waals surface area contributed by atoms with Crippen molar-refractivity contribution in [2.75, 3.05) is 7.11 Å². The quantitative estimate of drug-likeness (QED) is 0.749. The summed E-state index contributed by atoms with van der Waals surface area (Å²) in [4.78, 5) is 4.50. The van der Waals surface area contributed by atoms with Gasteiger partial charge in [-0.05, 0) is 24.3 Å². The first-order valence-corrected chi connectivity index (χ1v) is 5.59. The number of ether oxygens (including phenoxy) is 1. The number of imidazole rings is 1. The number of benzene rings is 1. The molecule has 90 valence electrons. The van der Waals surface area contributed by atoms with Gasteiger partial charge in [-0.1, -0.05) is 18.2 Å². The lowest BCUT2D eigenvalue weighted by Crippen LogP contribution is -1.91. The molecule has 2 heterocycles. The molecule has 0 saturated carbocycles. The highest BCUT2D eigenvalue weighted by Crippen LogP contribution is 2.24. The molecule has 0 saturated heterocycles. The molecule has 0 bridgehead atoms. The van der Waals surface area contributed by atoms with Gasteiger partial charge >= 0.3 is 0 Å². The van der Waals surface area contributed by atoms with E-state index in [1.54, 1.807) is 25.3 Å². The third kappa shape index (κ3) is 1.68. The fourth-order valence-electron chi connectivity index (χ4n) is 1.96. The van der Waals surface area contributed by atoms with Gasteiger partial charge in [-0.25, -0.2) is 4.98 Å². The largest absolute Gasteiger partial charge is 0.508 e. The van der Waals surface area contributed by atoms with E-state index in [2.05, 4.69) is 4.98 Å². The molecule has 0 radical (unpaired) electrons. The Morgan fingerprint density at radius 3 is 2.78 bits per heavy atom. The summed E-state index contributed by atoms with van der Waals surface area (Å²) in [5.41, 5.74) is 2.49. The predicted molar refractivity (Wildman–Crippen MR) is 68.8 cm³/mol. The predicted octanol–water partition coefficient (Wildman–Crippen LogP) is 2.72. The van der Waals surface area contributed by atoms with Crippen LogP contribution < -0.4 is 4.74 Å². The molecule has 1 aromatic carbocycles. The Balaban J connectivity index is 2.19. The molecule has 18 heavy (non-hydrogen) atoms. The fraction of sp³-hybridized carbons (Fsp3) is 0.0714. The number of aromatic nitrogens is 2. The lowest BCUT2D eigenvalue weighted by atomic mass is 10.1. The zero-order chi connectivity index (χ0) is 12.5. The van der Waals surface area contributed by atoms with Crippen molar-refractivity contribution in [2.45, 2.75) is 0 Å². The molecule has 4 heteroatoms. The summed E-state index contributed by atoms with van der Waals surface area (Å²) in [5.74, 6) is 0.961. The maximum absolute atomic E-state index is 9.49. The van der Waals surface area contributed by atoms with Crippen molar-refractivity contribution >= 4 is 5.65 Å². The van der Waals surface area contributed by atoms with Crippen LogP contribution in [0, 0.1) is 0 Å². The molecule has 0 aliphatic carbocycles. The fourth-order valence-corrected chi connectivity index (χ4v) is 1.96. The van der Waals surface area contributed by atoms with Crippen molar-refractivity contribution in [3.8, 4) is 22.9 Å². The number of hydrogen-bond acceptors (Lipinski definition) is 3. The van der Waals surface area contributed by atoms with Crippen molar-refractivity contribution in [3.05, 3.63) is 48.7 Å². The van der Waals surface area contributed by atoms with Gasteiger partial charge in [-0.2, -0.15) is 0 Å². The molecule has 0 spiro atoms. The molecule has 0 unspecified atom stereocenters. The molecule has 3 rings (SSSR count). The Bertz CT molecular complexity index is 704. The van der Waals surface area contributed by atoms with Crippen molar-refractivity contribution in [1.29, 1.82) is 0 Å². The number of rotatable bonds is 2. The molecular weight excluding hydrogens is 228 g/mol. The Morgan fingerprint density at radius 2 is 2.00 bits per heavy atom. The zero-order valence-electron chi connectivity index (χ0n) is 9.87. The van der Waals surface area contributed by atoms with Crippen LogP contribution in [-0.4, -0.2) is 21.6 Å². The van der Waals surface area contributed by atoms with E-state index in [9.17, 15) is 5.11 Å². The minimum atomic E-state index is 0.233. The minimum absolute atomic E-state index is 0.233. The Morgan fingerprint density at radius 1 is 1.17 bits per heavy atom. The number of hydrogen-bond donors (Lipinski definition) is 1. The van der Waals surface area contributed by atoms with Crippen LogP contribution in [0.2, 0.25) is 0 Å². The maximum Gasteiger partial charge on any atom is 0.198 e. The van der Waals surface area contributed by atoms with E-state index in [1.807, 2.05) is 34.9 Å². The van der Waals surface area contributed by atoms with Gasteiger partial charge in [0.25, 0.3) is 0 Å². The molecule has 0 aliphatic rings. The summed E-state index contributed by atoms with van der Waals surface area (Å²) >= 11 is 0. The molecule has 3 aromatic rings. The maximum atomic E-state index is 9.49. The van der Waals surface area contributed by atoms with Gasteiger partial charge in [0.15, 0.2) is 5.88 Å². The molecule has 2 aromatic heterocycles. The highest BCUT2D eigenvalue weighted by molar-refractivity contribution is 5.64. The average molecular weight is 240 g/mol. The summed E-state index contributed by atoms with van der Waals surface area (Å²) in [5, 5.41) is 9.49. The second kappa shape index (κ2) is 4.07. The lowest BCUT2D eigenvalue weighted by molar-refractivity contribution is 0.392. The van der Waals surface area contributed by atoms with Gasteiger partial charge in [0.05, 0.1) is 12.8 Å². The Labute approximate surface area is 104 Å². The van der Waals surface area contributed by atoms with E-state index >= 15 is 0 Å². The van der Waals surface area contributed by atoms with E-state index in [0.29, 0.717) is 0 Å². The molecule has 4 nitrogen and oxygen atoms in total. The third-order valence-electron chi connectivity index (χ3n) is 2.81. The monoisotopic (exact) mass is 240 g/mol. The smallest absolute Gasteiger partial charge is 0.198 e. The van der Waals surface area contributed by atoms with Crippen molar-refractivity contribution in [2.24, 2.45) is 0 Å². The molecule has 0 aliphatic heterocycles. The molecular formula is C14H12N2O2. The van der Waals surface area contributed by atoms with Crippen molar-refractivity contribution in [1.82, 2.24) is 9.38 Å².